The Balaban J connectivity index is 2.22. The van der Waals surface area contributed by atoms with E-state index in [4.69, 9.17) is 16.3 Å². The fraction of sp³-hybridized carbons (Fsp3) is 0.400. The first kappa shape index (κ1) is 8.97. The molecule has 0 unspecified atom stereocenters. The summed E-state index contributed by atoms with van der Waals surface area (Å²) in [6, 6.07) is 7.25. The van der Waals surface area contributed by atoms with Crippen LogP contribution in [-0.4, -0.2) is 13.2 Å². The van der Waals surface area contributed by atoms with Crippen LogP contribution in [0.15, 0.2) is 24.3 Å². The van der Waals surface area contributed by atoms with E-state index >= 15 is 0 Å². The van der Waals surface area contributed by atoms with E-state index in [1.807, 2.05) is 12.1 Å². The lowest BCUT2D eigenvalue weighted by Crippen LogP contribution is -2.42. The Morgan fingerprint density at radius 2 is 1.92 bits per heavy atom. The zero-order valence-corrected chi connectivity index (χ0v) is 7.85. The molecule has 3 heteroatoms. The standard InChI is InChI=1S/C10H10ClFO/c11-5-8-1-3-9(4-2-8)10(12)6-13-7-10/h1-4H,5-7H2. The zero-order valence-electron chi connectivity index (χ0n) is 7.09. The first-order valence-electron chi connectivity index (χ1n) is 4.17. The number of benzene rings is 1. The maximum atomic E-state index is 13.7. The molecule has 2 rings (SSSR count). The van der Waals surface area contributed by atoms with Crippen LogP contribution in [0.25, 0.3) is 0 Å². The summed E-state index contributed by atoms with van der Waals surface area (Å²) >= 11 is 5.62. The largest absolute Gasteiger partial charge is 0.374 e. The lowest BCUT2D eigenvalue weighted by Gasteiger charge is -2.34. The number of halogens is 2. The molecular formula is C10H10ClFO. The van der Waals surface area contributed by atoms with Crippen molar-refractivity contribution in [1.82, 2.24) is 0 Å². The Labute approximate surface area is 81.5 Å². The van der Waals surface area contributed by atoms with Gasteiger partial charge in [-0.1, -0.05) is 24.3 Å². The Kier molecular flexibility index (Phi) is 2.26. The molecule has 1 aromatic carbocycles. The molecule has 0 saturated carbocycles. The predicted molar refractivity (Wildman–Crippen MR) is 49.6 cm³/mol. The van der Waals surface area contributed by atoms with E-state index in [1.54, 1.807) is 12.1 Å². The summed E-state index contributed by atoms with van der Waals surface area (Å²) in [5, 5.41) is 0. The summed E-state index contributed by atoms with van der Waals surface area (Å²) in [6.07, 6.45) is 0. The molecule has 0 atom stereocenters. The van der Waals surface area contributed by atoms with Crippen LogP contribution in [0.3, 0.4) is 0 Å². The molecule has 1 heterocycles. The normalized spacial score (nSPS) is 19.5. The van der Waals surface area contributed by atoms with Gasteiger partial charge >= 0.3 is 0 Å². The van der Waals surface area contributed by atoms with Gasteiger partial charge in [0.15, 0.2) is 5.67 Å². The second-order valence-corrected chi connectivity index (χ2v) is 3.56. The van der Waals surface area contributed by atoms with Crippen LogP contribution in [0.1, 0.15) is 11.1 Å². The van der Waals surface area contributed by atoms with Crippen LogP contribution in [0, 0.1) is 0 Å². The highest BCUT2D eigenvalue weighted by Gasteiger charge is 2.40. The molecular weight excluding hydrogens is 191 g/mol. The molecule has 1 aromatic rings. The van der Waals surface area contributed by atoms with E-state index in [0.29, 0.717) is 11.4 Å². The van der Waals surface area contributed by atoms with Gasteiger partial charge in [0.2, 0.25) is 0 Å². The summed E-state index contributed by atoms with van der Waals surface area (Å²) in [5.74, 6) is 0.468. The topological polar surface area (TPSA) is 9.23 Å². The number of alkyl halides is 2. The maximum absolute atomic E-state index is 13.7. The highest BCUT2D eigenvalue weighted by atomic mass is 35.5. The molecule has 13 heavy (non-hydrogen) atoms. The van der Waals surface area contributed by atoms with Crippen LogP contribution in [0.2, 0.25) is 0 Å². The average molecular weight is 201 g/mol. The highest BCUT2D eigenvalue weighted by molar-refractivity contribution is 6.17. The molecule has 1 aliphatic rings. The minimum atomic E-state index is -1.26. The van der Waals surface area contributed by atoms with E-state index in [9.17, 15) is 4.39 Å². The number of hydrogen-bond donors (Lipinski definition) is 0. The van der Waals surface area contributed by atoms with Crippen LogP contribution in [0.4, 0.5) is 4.39 Å². The third-order valence-electron chi connectivity index (χ3n) is 2.29. The van der Waals surface area contributed by atoms with Gasteiger partial charge in [0.25, 0.3) is 0 Å². The third-order valence-corrected chi connectivity index (χ3v) is 2.60. The highest BCUT2D eigenvalue weighted by Crippen LogP contribution is 2.33. The summed E-state index contributed by atoms with van der Waals surface area (Å²) in [4.78, 5) is 0. The molecule has 70 valence electrons. The molecule has 1 saturated heterocycles. The SMILES string of the molecule is FC1(c2ccc(CCl)cc2)COC1. The molecule has 1 aliphatic heterocycles. The van der Waals surface area contributed by atoms with Crippen molar-refractivity contribution >= 4 is 11.6 Å². The zero-order chi connectivity index (χ0) is 9.31. The molecule has 0 spiro atoms. The molecule has 0 amide bonds. The first-order chi connectivity index (χ1) is 6.24. The van der Waals surface area contributed by atoms with E-state index < -0.39 is 5.67 Å². The maximum Gasteiger partial charge on any atom is 0.182 e. The monoisotopic (exact) mass is 200 g/mol. The summed E-state index contributed by atoms with van der Waals surface area (Å²) < 4.78 is 18.6. The second-order valence-electron chi connectivity index (χ2n) is 3.29. The van der Waals surface area contributed by atoms with Gasteiger partial charge in [0, 0.05) is 5.88 Å². The van der Waals surface area contributed by atoms with Gasteiger partial charge in [-0.05, 0) is 11.1 Å². The van der Waals surface area contributed by atoms with Gasteiger partial charge in [0.05, 0.1) is 13.2 Å². The molecule has 0 aromatic heterocycles. The quantitative estimate of drug-likeness (QED) is 0.667. The Hall–Kier alpha value is -0.600. The summed E-state index contributed by atoms with van der Waals surface area (Å²) in [6.45, 7) is 0.348. The predicted octanol–water partition coefficient (Wildman–Crippen LogP) is 2.62. The van der Waals surface area contributed by atoms with Gasteiger partial charge in [-0.3, -0.25) is 0 Å². The van der Waals surface area contributed by atoms with E-state index in [2.05, 4.69) is 0 Å². The molecule has 1 fully saturated rings. The van der Waals surface area contributed by atoms with Gasteiger partial charge in [-0.25, -0.2) is 4.39 Å². The van der Waals surface area contributed by atoms with Crippen molar-refractivity contribution in [3.05, 3.63) is 35.4 Å². The fourth-order valence-electron chi connectivity index (χ4n) is 1.34. The molecule has 0 N–H and O–H groups in total. The van der Waals surface area contributed by atoms with Gasteiger partial charge in [-0.15, -0.1) is 11.6 Å². The van der Waals surface area contributed by atoms with Crippen molar-refractivity contribution in [2.75, 3.05) is 13.2 Å². The lowest BCUT2D eigenvalue weighted by atomic mass is 9.93. The van der Waals surface area contributed by atoms with Crippen molar-refractivity contribution in [3.8, 4) is 0 Å². The number of hydrogen-bond acceptors (Lipinski definition) is 1. The fourth-order valence-corrected chi connectivity index (χ4v) is 1.52. The Morgan fingerprint density at radius 1 is 1.31 bits per heavy atom. The smallest absolute Gasteiger partial charge is 0.182 e. The van der Waals surface area contributed by atoms with Crippen LogP contribution < -0.4 is 0 Å². The van der Waals surface area contributed by atoms with Gasteiger partial charge in [-0.2, -0.15) is 0 Å². The van der Waals surface area contributed by atoms with Crippen molar-refractivity contribution in [3.63, 3.8) is 0 Å². The van der Waals surface area contributed by atoms with Crippen molar-refractivity contribution in [2.45, 2.75) is 11.5 Å². The summed E-state index contributed by atoms with van der Waals surface area (Å²) in [5.41, 5.74) is 0.437. The minimum absolute atomic E-state index is 0.174. The van der Waals surface area contributed by atoms with E-state index in [0.717, 1.165) is 5.56 Å². The van der Waals surface area contributed by atoms with Crippen molar-refractivity contribution in [1.29, 1.82) is 0 Å². The molecule has 0 aliphatic carbocycles. The second kappa shape index (κ2) is 3.28. The van der Waals surface area contributed by atoms with E-state index in [-0.39, 0.29) is 13.2 Å². The van der Waals surface area contributed by atoms with Gasteiger partial charge < -0.3 is 4.74 Å². The van der Waals surface area contributed by atoms with E-state index in [1.165, 1.54) is 0 Å². The molecule has 0 bridgehead atoms. The van der Waals surface area contributed by atoms with Crippen molar-refractivity contribution < 1.29 is 9.13 Å². The van der Waals surface area contributed by atoms with Crippen LogP contribution >= 0.6 is 11.6 Å². The van der Waals surface area contributed by atoms with Crippen LogP contribution in [0.5, 0.6) is 0 Å². The number of ether oxygens (including phenoxy) is 1. The Morgan fingerprint density at radius 3 is 2.31 bits per heavy atom. The number of rotatable bonds is 2. The molecule has 1 nitrogen and oxygen atoms in total. The Bertz CT molecular complexity index is 292. The summed E-state index contributed by atoms with van der Waals surface area (Å²) in [7, 11) is 0. The third kappa shape index (κ3) is 1.56. The lowest BCUT2D eigenvalue weighted by molar-refractivity contribution is -0.135. The van der Waals surface area contributed by atoms with Gasteiger partial charge in [0.1, 0.15) is 0 Å². The van der Waals surface area contributed by atoms with Crippen molar-refractivity contribution in [2.24, 2.45) is 0 Å². The minimum Gasteiger partial charge on any atom is -0.374 e. The molecule has 0 radical (unpaired) electrons. The first-order valence-corrected chi connectivity index (χ1v) is 4.70. The van der Waals surface area contributed by atoms with Crippen LogP contribution in [-0.2, 0) is 16.3 Å². The average Bonchev–Trinajstić information content (AvgIpc) is 2.14.